The Morgan fingerprint density at radius 2 is 2.03 bits per heavy atom. The summed E-state index contributed by atoms with van der Waals surface area (Å²) >= 11 is 0. The quantitative estimate of drug-likeness (QED) is 0.478. The molecule has 4 heterocycles. The molecule has 0 aliphatic carbocycles. The predicted molar refractivity (Wildman–Crippen MR) is 121 cm³/mol. The first-order valence-corrected chi connectivity index (χ1v) is 11.1. The van der Waals surface area contributed by atoms with Crippen molar-refractivity contribution >= 4 is 17.5 Å². The average molecular weight is 500 g/mol. The number of benzene rings is 1. The lowest BCUT2D eigenvalue weighted by molar-refractivity contribution is -0.0878. The summed E-state index contributed by atoms with van der Waals surface area (Å²) in [7, 11) is 0. The topological polar surface area (TPSA) is 135 Å². The number of carbonyl (C=O) groups is 1. The highest BCUT2D eigenvalue weighted by Crippen LogP contribution is 2.30. The molecular weight excluding hydrogens is 478 g/mol. The van der Waals surface area contributed by atoms with Gasteiger partial charge in [0.2, 0.25) is 0 Å². The molecule has 2 aliphatic rings. The van der Waals surface area contributed by atoms with Gasteiger partial charge in [-0.05, 0) is 24.3 Å². The van der Waals surface area contributed by atoms with Crippen molar-refractivity contribution in [1.82, 2.24) is 20.0 Å². The smallest absolute Gasteiger partial charge is 0.414 e. The second-order valence-electron chi connectivity index (χ2n) is 8.58. The summed E-state index contributed by atoms with van der Waals surface area (Å²) in [4.78, 5) is 23.2. The lowest BCUT2D eigenvalue weighted by Crippen LogP contribution is -2.37. The van der Waals surface area contributed by atoms with Gasteiger partial charge in [0.25, 0.3) is 0 Å². The summed E-state index contributed by atoms with van der Waals surface area (Å²) in [5, 5.41) is 30.2. The van der Waals surface area contributed by atoms with Crippen LogP contribution in [0.5, 0.6) is 0 Å². The number of nitrogens with zero attached hydrogens (tertiary/aromatic N) is 6. The first-order chi connectivity index (χ1) is 17.4. The fraction of sp³-hybridized carbons (Fsp3) is 0.348. The third-order valence-corrected chi connectivity index (χ3v) is 6.04. The van der Waals surface area contributed by atoms with Crippen LogP contribution >= 0.6 is 0 Å². The lowest BCUT2D eigenvalue weighted by atomic mass is 9.97. The molecule has 13 heteroatoms. The molecule has 1 fully saturated rings. The van der Waals surface area contributed by atoms with Gasteiger partial charge in [-0.15, -0.1) is 5.10 Å². The van der Waals surface area contributed by atoms with E-state index in [-0.39, 0.29) is 30.8 Å². The number of cyclic esters (lactones) is 1. The van der Waals surface area contributed by atoms with Gasteiger partial charge in [-0.2, -0.15) is 0 Å². The largest absolute Gasteiger partial charge is 0.442 e. The van der Waals surface area contributed by atoms with Crippen molar-refractivity contribution in [3.63, 3.8) is 0 Å². The number of ether oxygens (including phenoxy) is 1. The van der Waals surface area contributed by atoms with Crippen LogP contribution in [-0.2, 0) is 22.8 Å². The SMILES string of the molecule is O=C1O[C@@H](Cn2cc(CF)nn2)CN1c1ccc(-c2ccc(C3=NOC(CO)(CO)C3)nc2)c(F)c1. The van der Waals surface area contributed by atoms with Crippen LogP contribution in [0.25, 0.3) is 11.1 Å². The van der Waals surface area contributed by atoms with Crippen molar-refractivity contribution in [1.29, 1.82) is 0 Å². The van der Waals surface area contributed by atoms with Gasteiger partial charge in [-0.3, -0.25) is 9.88 Å². The van der Waals surface area contributed by atoms with E-state index in [0.717, 1.165) is 0 Å². The number of halogens is 2. The zero-order valence-corrected chi connectivity index (χ0v) is 18.9. The number of amides is 1. The van der Waals surface area contributed by atoms with Crippen molar-refractivity contribution in [3.8, 4) is 11.1 Å². The Bertz CT molecular complexity index is 1290. The van der Waals surface area contributed by atoms with Gasteiger partial charge in [0.15, 0.2) is 5.60 Å². The molecule has 2 aromatic heterocycles. The van der Waals surface area contributed by atoms with Crippen molar-refractivity contribution in [2.24, 2.45) is 5.16 Å². The number of aliphatic hydroxyl groups excluding tert-OH is 2. The van der Waals surface area contributed by atoms with E-state index in [0.29, 0.717) is 22.7 Å². The Hall–Kier alpha value is -3.97. The Balaban J connectivity index is 1.27. The standard InChI is InChI=1S/C23H22F2N6O5/c24-7-15-9-30(29-27-15)10-17-11-31(22(34)35-17)16-2-3-18(19(25)5-16)14-1-4-20(26-8-14)21-6-23(12-32,13-33)36-28-21/h1-5,8-9,17,32-33H,6-7,10-13H2/t17-/m0/s1. The molecule has 0 unspecified atom stereocenters. The number of carbonyl (C=O) groups excluding carboxylic acids is 1. The second kappa shape index (κ2) is 9.59. The molecular formula is C23H22F2N6O5. The van der Waals surface area contributed by atoms with Gasteiger partial charge >= 0.3 is 6.09 Å². The van der Waals surface area contributed by atoms with E-state index in [4.69, 9.17) is 9.57 Å². The number of anilines is 1. The first kappa shape index (κ1) is 23.8. The molecule has 2 aliphatic heterocycles. The van der Waals surface area contributed by atoms with E-state index in [1.165, 1.54) is 28.0 Å². The molecule has 36 heavy (non-hydrogen) atoms. The van der Waals surface area contributed by atoms with Crippen molar-refractivity contribution in [2.75, 3.05) is 24.7 Å². The first-order valence-electron chi connectivity index (χ1n) is 11.1. The van der Waals surface area contributed by atoms with Gasteiger partial charge < -0.3 is 19.8 Å². The minimum absolute atomic E-state index is 0.173. The molecule has 0 saturated carbocycles. The van der Waals surface area contributed by atoms with Crippen LogP contribution in [0.15, 0.2) is 47.9 Å². The van der Waals surface area contributed by atoms with Gasteiger partial charge in [0.1, 0.15) is 30.0 Å². The second-order valence-corrected chi connectivity index (χ2v) is 8.58. The van der Waals surface area contributed by atoms with Crippen LogP contribution in [0.2, 0.25) is 0 Å². The molecule has 0 spiro atoms. The zero-order chi connectivity index (χ0) is 25.3. The fourth-order valence-electron chi connectivity index (χ4n) is 4.03. The summed E-state index contributed by atoms with van der Waals surface area (Å²) in [6, 6.07) is 7.72. The van der Waals surface area contributed by atoms with Gasteiger partial charge in [0.05, 0.1) is 43.9 Å². The highest BCUT2D eigenvalue weighted by atomic mass is 19.1. The molecule has 188 valence electrons. The van der Waals surface area contributed by atoms with Crippen LogP contribution in [0.4, 0.5) is 19.3 Å². The summed E-state index contributed by atoms with van der Waals surface area (Å²) in [5.74, 6) is -0.553. The van der Waals surface area contributed by atoms with Crippen LogP contribution in [0.3, 0.4) is 0 Å². The molecule has 1 amide bonds. The monoisotopic (exact) mass is 500 g/mol. The van der Waals surface area contributed by atoms with Crippen molar-refractivity contribution in [3.05, 3.63) is 59.9 Å². The Kier molecular flexibility index (Phi) is 6.33. The Morgan fingerprint density at radius 1 is 1.19 bits per heavy atom. The van der Waals surface area contributed by atoms with E-state index in [1.54, 1.807) is 24.3 Å². The van der Waals surface area contributed by atoms with Gasteiger partial charge in [-0.1, -0.05) is 16.4 Å². The average Bonchev–Trinajstić information content (AvgIpc) is 3.63. The molecule has 0 radical (unpaired) electrons. The molecule has 1 atom stereocenters. The highest BCUT2D eigenvalue weighted by Gasteiger charge is 2.39. The van der Waals surface area contributed by atoms with E-state index in [9.17, 15) is 19.4 Å². The molecule has 3 aromatic rings. The van der Waals surface area contributed by atoms with E-state index in [2.05, 4.69) is 20.5 Å². The molecule has 11 nitrogen and oxygen atoms in total. The maximum absolute atomic E-state index is 15.0. The van der Waals surface area contributed by atoms with Gasteiger partial charge in [-0.25, -0.2) is 18.3 Å². The molecule has 2 N–H and O–H groups in total. The van der Waals surface area contributed by atoms with E-state index < -0.39 is 43.5 Å². The van der Waals surface area contributed by atoms with Crippen LogP contribution in [0.1, 0.15) is 17.8 Å². The lowest BCUT2D eigenvalue weighted by Gasteiger charge is -2.20. The minimum Gasteiger partial charge on any atom is -0.442 e. The number of hydrogen-bond acceptors (Lipinski definition) is 9. The fourth-order valence-corrected chi connectivity index (χ4v) is 4.03. The van der Waals surface area contributed by atoms with Crippen LogP contribution in [0, 0.1) is 5.82 Å². The number of aromatic nitrogens is 4. The van der Waals surface area contributed by atoms with Crippen molar-refractivity contribution in [2.45, 2.75) is 31.3 Å². The molecule has 1 aromatic carbocycles. The number of oxime groups is 1. The molecule has 5 rings (SSSR count). The number of hydrogen-bond donors (Lipinski definition) is 2. The number of rotatable bonds is 8. The molecule has 1 saturated heterocycles. The van der Waals surface area contributed by atoms with Crippen LogP contribution in [-0.4, -0.2) is 73.5 Å². The number of pyridine rings is 1. The van der Waals surface area contributed by atoms with Crippen molar-refractivity contribution < 1.29 is 33.4 Å². The molecule has 0 bridgehead atoms. The predicted octanol–water partition coefficient (Wildman–Crippen LogP) is 1.82. The highest BCUT2D eigenvalue weighted by molar-refractivity contribution is 6.00. The maximum atomic E-state index is 15.0. The van der Waals surface area contributed by atoms with Gasteiger partial charge in [0, 0.05) is 23.7 Å². The number of aliphatic hydroxyl groups is 2. The maximum Gasteiger partial charge on any atom is 0.414 e. The minimum atomic E-state index is -1.17. The van der Waals surface area contributed by atoms with Crippen LogP contribution < -0.4 is 4.90 Å². The van der Waals surface area contributed by atoms with E-state index >= 15 is 4.39 Å². The van der Waals surface area contributed by atoms with E-state index in [1.807, 2.05) is 0 Å². The third-order valence-electron chi connectivity index (χ3n) is 6.04. The summed E-state index contributed by atoms with van der Waals surface area (Å²) in [5.41, 5.74) is 1.09. The normalized spacial score (nSPS) is 18.8. The Morgan fingerprint density at radius 3 is 2.67 bits per heavy atom. The third kappa shape index (κ3) is 4.50. The Labute approximate surface area is 203 Å². The zero-order valence-electron chi connectivity index (χ0n) is 18.9. The summed E-state index contributed by atoms with van der Waals surface area (Å²) < 4.78 is 34.4. The number of alkyl halides is 1. The summed E-state index contributed by atoms with van der Waals surface area (Å²) in [6.07, 6.45) is 1.94. The summed E-state index contributed by atoms with van der Waals surface area (Å²) in [6.45, 7) is -1.15.